The molecule has 0 radical (unpaired) electrons. The smallest absolute Gasteiger partial charge is 0.335 e. The Kier molecular flexibility index (Phi) is 5.12. The lowest BCUT2D eigenvalue weighted by atomic mass is 10.2. The molecule has 26 heavy (non-hydrogen) atoms. The van der Waals surface area contributed by atoms with Gasteiger partial charge >= 0.3 is 5.97 Å². The standard InChI is InChI=1S/C17H13FN2O4S2/c1-10-15(19-16(25-10)11-2-6-13(18)7-3-11)20(26(23)24)14-8-4-12(5-9-14)17(21)22/h2-9H,1H3,(H,21,22)(H,23,24)/p-1. The molecule has 0 amide bonds. The maximum absolute atomic E-state index is 13.1. The van der Waals surface area contributed by atoms with Crippen LogP contribution < -0.4 is 4.31 Å². The third-order valence-electron chi connectivity index (χ3n) is 3.55. The van der Waals surface area contributed by atoms with Crippen molar-refractivity contribution in [2.24, 2.45) is 0 Å². The highest BCUT2D eigenvalue weighted by atomic mass is 32.2. The Morgan fingerprint density at radius 3 is 2.35 bits per heavy atom. The van der Waals surface area contributed by atoms with E-state index in [1.807, 2.05) is 0 Å². The van der Waals surface area contributed by atoms with Gasteiger partial charge in [0.05, 0.1) is 22.5 Å². The molecule has 1 N–H and O–H groups in total. The zero-order chi connectivity index (χ0) is 18.8. The van der Waals surface area contributed by atoms with Gasteiger partial charge in [0.2, 0.25) is 0 Å². The van der Waals surface area contributed by atoms with Crippen molar-refractivity contribution in [3.63, 3.8) is 0 Å². The molecule has 0 aliphatic heterocycles. The maximum Gasteiger partial charge on any atom is 0.335 e. The molecule has 6 nitrogen and oxygen atoms in total. The minimum absolute atomic E-state index is 0.0485. The van der Waals surface area contributed by atoms with Crippen LogP contribution in [0.5, 0.6) is 0 Å². The predicted octanol–water partition coefficient (Wildman–Crippen LogP) is 3.89. The molecule has 0 aliphatic rings. The van der Waals surface area contributed by atoms with Crippen molar-refractivity contribution in [2.75, 3.05) is 4.31 Å². The Labute approximate surface area is 155 Å². The average Bonchev–Trinajstić information content (AvgIpc) is 2.97. The molecule has 3 rings (SSSR count). The normalized spacial score (nSPS) is 12.0. The number of aromatic carboxylic acids is 1. The molecule has 3 aromatic rings. The van der Waals surface area contributed by atoms with Gasteiger partial charge in [-0.1, -0.05) is 0 Å². The molecule has 2 aromatic carbocycles. The molecule has 1 heterocycles. The van der Waals surface area contributed by atoms with Crippen LogP contribution in [0, 0.1) is 12.7 Å². The number of carboxylic acids is 1. The van der Waals surface area contributed by atoms with Crippen LogP contribution >= 0.6 is 11.3 Å². The third kappa shape index (κ3) is 3.64. The number of aromatic nitrogens is 1. The summed E-state index contributed by atoms with van der Waals surface area (Å²) in [7, 11) is 0. The van der Waals surface area contributed by atoms with Crippen molar-refractivity contribution in [1.29, 1.82) is 0 Å². The number of hydrogen-bond donors (Lipinski definition) is 1. The maximum atomic E-state index is 13.1. The van der Waals surface area contributed by atoms with Crippen LogP contribution in [0.2, 0.25) is 0 Å². The number of aryl methyl sites for hydroxylation is 1. The quantitative estimate of drug-likeness (QED) is 0.666. The first-order chi connectivity index (χ1) is 12.4. The van der Waals surface area contributed by atoms with Crippen molar-refractivity contribution in [1.82, 2.24) is 4.98 Å². The van der Waals surface area contributed by atoms with Gasteiger partial charge < -0.3 is 9.66 Å². The van der Waals surface area contributed by atoms with Crippen molar-refractivity contribution < 1.29 is 23.1 Å². The summed E-state index contributed by atoms with van der Waals surface area (Å²) >= 11 is -1.38. The Morgan fingerprint density at radius 2 is 1.81 bits per heavy atom. The van der Waals surface area contributed by atoms with E-state index in [1.54, 1.807) is 19.1 Å². The molecule has 0 bridgehead atoms. The number of carbonyl (C=O) groups is 1. The first-order valence-corrected chi connectivity index (χ1v) is 9.18. The van der Waals surface area contributed by atoms with E-state index in [4.69, 9.17) is 5.11 Å². The van der Waals surface area contributed by atoms with Gasteiger partial charge in [-0.05, 0) is 55.5 Å². The van der Waals surface area contributed by atoms with Gasteiger partial charge in [0.1, 0.15) is 10.8 Å². The number of nitrogens with zero attached hydrogens (tertiary/aromatic N) is 2. The minimum atomic E-state index is -2.66. The fraction of sp³-hybridized carbons (Fsp3) is 0.0588. The van der Waals surface area contributed by atoms with Gasteiger partial charge in [-0.15, -0.1) is 11.3 Å². The van der Waals surface area contributed by atoms with Crippen molar-refractivity contribution in [3.05, 3.63) is 64.8 Å². The molecule has 0 fully saturated rings. The van der Waals surface area contributed by atoms with Crippen LogP contribution in [0.15, 0.2) is 48.5 Å². The fourth-order valence-corrected chi connectivity index (χ4v) is 3.89. The summed E-state index contributed by atoms with van der Waals surface area (Å²) in [5.74, 6) is -1.26. The van der Waals surface area contributed by atoms with Gasteiger partial charge in [-0.3, -0.25) is 8.51 Å². The summed E-state index contributed by atoms with van der Waals surface area (Å²) in [6.07, 6.45) is 0. The van der Waals surface area contributed by atoms with Gasteiger partial charge in [-0.2, -0.15) is 0 Å². The topological polar surface area (TPSA) is 93.6 Å². The number of rotatable bonds is 5. The first kappa shape index (κ1) is 18.2. The van der Waals surface area contributed by atoms with Gasteiger partial charge in [0.15, 0.2) is 5.82 Å². The highest BCUT2D eigenvalue weighted by molar-refractivity contribution is 7.81. The molecular weight excluding hydrogens is 379 g/mol. The van der Waals surface area contributed by atoms with E-state index in [1.165, 1.54) is 47.7 Å². The number of hydrogen-bond acceptors (Lipinski definition) is 5. The fourth-order valence-electron chi connectivity index (χ4n) is 2.31. The molecule has 0 saturated heterocycles. The summed E-state index contributed by atoms with van der Waals surface area (Å²) < 4.78 is 37.6. The zero-order valence-electron chi connectivity index (χ0n) is 13.4. The SMILES string of the molecule is Cc1sc(-c2ccc(F)cc2)nc1N(c1ccc(C(=O)O)cc1)S(=O)[O-]. The summed E-state index contributed by atoms with van der Waals surface area (Å²) in [6.45, 7) is 1.73. The van der Waals surface area contributed by atoms with Gasteiger partial charge in [0, 0.05) is 10.4 Å². The Balaban J connectivity index is 2.02. The summed E-state index contributed by atoms with van der Waals surface area (Å²) in [5, 5.41) is 9.51. The molecule has 134 valence electrons. The molecule has 1 unspecified atom stereocenters. The summed E-state index contributed by atoms with van der Waals surface area (Å²) in [6, 6.07) is 11.2. The lowest BCUT2D eigenvalue weighted by Gasteiger charge is -2.25. The number of carboxylic acid groups (broad SMARTS) is 1. The minimum Gasteiger partial charge on any atom is -0.755 e. The first-order valence-electron chi connectivity index (χ1n) is 7.33. The van der Waals surface area contributed by atoms with E-state index in [0.29, 0.717) is 15.4 Å². The Bertz CT molecular complexity index is 971. The van der Waals surface area contributed by atoms with Crippen LogP contribution in [-0.2, 0) is 11.3 Å². The van der Waals surface area contributed by atoms with E-state index in [0.717, 1.165) is 4.31 Å². The molecule has 0 aliphatic carbocycles. The molecule has 0 spiro atoms. The van der Waals surface area contributed by atoms with Crippen LogP contribution in [0.4, 0.5) is 15.9 Å². The lowest BCUT2D eigenvalue weighted by Crippen LogP contribution is -2.20. The van der Waals surface area contributed by atoms with Crippen molar-refractivity contribution in [2.45, 2.75) is 6.92 Å². The Hall–Kier alpha value is -2.62. The third-order valence-corrected chi connectivity index (χ3v) is 5.24. The van der Waals surface area contributed by atoms with Crippen LogP contribution in [0.3, 0.4) is 0 Å². The monoisotopic (exact) mass is 391 g/mol. The average molecular weight is 391 g/mol. The highest BCUT2D eigenvalue weighted by Crippen LogP contribution is 2.36. The van der Waals surface area contributed by atoms with E-state index < -0.39 is 17.2 Å². The summed E-state index contributed by atoms with van der Waals surface area (Å²) in [5.41, 5.74) is 0.985. The molecule has 1 aromatic heterocycles. The second kappa shape index (κ2) is 7.32. The predicted molar refractivity (Wildman–Crippen MR) is 96.7 cm³/mol. The lowest BCUT2D eigenvalue weighted by molar-refractivity contribution is 0.0697. The number of anilines is 2. The van der Waals surface area contributed by atoms with Crippen molar-refractivity contribution in [3.8, 4) is 10.6 Å². The van der Waals surface area contributed by atoms with Crippen LogP contribution in [0.25, 0.3) is 10.6 Å². The van der Waals surface area contributed by atoms with E-state index in [2.05, 4.69) is 4.98 Å². The van der Waals surface area contributed by atoms with E-state index >= 15 is 0 Å². The zero-order valence-corrected chi connectivity index (χ0v) is 15.0. The number of halogens is 1. The number of thiazole rings is 1. The van der Waals surface area contributed by atoms with Crippen molar-refractivity contribution >= 4 is 40.1 Å². The second-order valence-electron chi connectivity index (χ2n) is 5.27. The molecule has 1 atom stereocenters. The molecular formula is C17H12FN2O4S2-. The van der Waals surface area contributed by atoms with Crippen LogP contribution in [-0.4, -0.2) is 24.8 Å². The van der Waals surface area contributed by atoms with Gasteiger partial charge in [-0.25, -0.2) is 14.2 Å². The van der Waals surface area contributed by atoms with E-state index in [9.17, 15) is 17.9 Å². The van der Waals surface area contributed by atoms with Crippen LogP contribution in [0.1, 0.15) is 15.2 Å². The second-order valence-corrected chi connectivity index (χ2v) is 7.27. The largest absolute Gasteiger partial charge is 0.755 e. The molecule has 0 saturated carbocycles. The van der Waals surface area contributed by atoms with Gasteiger partial charge in [0.25, 0.3) is 0 Å². The molecule has 9 heteroatoms. The number of benzene rings is 2. The summed E-state index contributed by atoms with van der Waals surface area (Å²) in [4.78, 5) is 16.0. The Morgan fingerprint density at radius 1 is 1.19 bits per heavy atom. The highest BCUT2D eigenvalue weighted by Gasteiger charge is 2.19. The van der Waals surface area contributed by atoms with E-state index in [-0.39, 0.29) is 22.9 Å².